The molecule has 0 radical (unpaired) electrons. The monoisotopic (exact) mass is 453 g/mol. The number of carbonyl (C=O) groups excluding carboxylic acids is 1. The minimum absolute atomic E-state index is 0.160. The Kier molecular flexibility index (Phi) is 8.09. The maximum absolute atomic E-state index is 12.1. The Balaban J connectivity index is 1.55. The van der Waals surface area contributed by atoms with Gasteiger partial charge in [-0.15, -0.1) is 0 Å². The van der Waals surface area contributed by atoms with Crippen molar-refractivity contribution >= 4 is 23.7 Å². The highest BCUT2D eigenvalue weighted by Gasteiger charge is 2.12. The van der Waals surface area contributed by atoms with Crippen molar-refractivity contribution in [3.63, 3.8) is 0 Å². The van der Waals surface area contributed by atoms with Gasteiger partial charge in [-0.1, -0.05) is 29.8 Å². The molecule has 0 unspecified atom stereocenters. The van der Waals surface area contributed by atoms with E-state index in [1.54, 1.807) is 18.3 Å². The van der Waals surface area contributed by atoms with Gasteiger partial charge in [-0.25, -0.2) is 5.43 Å². The molecule has 1 amide bonds. The summed E-state index contributed by atoms with van der Waals surface area (Å²) in [5.41, 5.74) is 7.19. The first-order valence-corrected chi connectivity index (χ1v) is 10.9. The van der Waals surface area contributed by atoms with Gasteiger partial charge < -0.3 is 14.4 Å². The maximum Gasteiger partial charge on any atom is 0.240 e. The lowest BCUT2D eigenvalue weighted by Gasteiger charge is -2.11. The topological polar surface area (TPSA) is 75.8 Å². The molecule has 0 aliphatic carbocycles. The number of nitrogens with one attached hydrogen (secondary N) is 1. The third kappa shape index (κ3) is 5.99. The molecule has 7 heteroatoms. The average molecular weight is 454 g/mol. The minimum Gasteiger partial charge on any atom is -0.494 e. The van der Waals surface area contributed by atoms with Crippen LogP contribution in [0.15, 0.2) is 59.7 Å². The molecule has 6 nitrogen and oxygen atoms in total. The van der Waals surface area contributed by atoms with Crippen LogP contribution in [-0.2, 0) is 4.79 Å². The van der Waals surface area contributed by atoms with Crippen molar-refractivity contribution in [2.24, 2.45) is 5.10 Å². The number of aliphatic hydroxyl groups is 1. The van der Waals surface area contributed by atoms with Crippen molar-refractivity contribution in [2.75, 3.05) is 6.61 Å². The van der Waals surface area contributed by atoms with Crippen LogP contribution >= 0.6 is 11.6 Å². The summed E-state index contributed by atoms with van der Waals surface area (Å²) in [6.45, 7) is 6.50. The van der Waals surface area contributed by atoms with Gasteiger partial charge >= 0.3 is 0 Å². The lowest BCUT2D eigenvalue weighted by atomic mass is 10.0. The van der Waals surface area contributed by atoms with E-state index in [0.29, 0.717) is 18.1 Å². The van der Waals surface area contributed by atoms with Crippen molar-refractivity contribution in [3.8, 4) is 11.4 Å². The zero-order chi connectivity index (χ0) is 23.1. The largest absolute Gasteiger partial charge is 0.494 e. The Bertz CT molecular complexity index is 1090. The maximum atomic E-state index is 12.1. The molecule has 2 N–H and O–H groups in total. The number of aromatic nitrogens is 1. The van der Waals surface area contributed by atoms with Crippen LogP contribution in [0.25, 0.3) is 5.69 Å². The fraction of sp³-hybridized carbons (Fsp3) is 0.280. The van der Waals surface area contributed by atoms with Gasteiger partial charge in [0, 0.05) is 34.1 Å². The van der Waals surface area contributed by atoms with Crippen LogP contribution in [-0.4, -0.2) is 28.4 Å². The molecule has 1 heterocycles. The molecule has 0 aliphatic heterocycles. The van der Waals surface area contributed by atoms with Gasteiger partial charge in [0.1, 0.15) is 5.75 Å². The zero-order valence-electron chi connectivity index (χ0n) is 18.5. The van der Waals surface area contributed by atoms with Crippen molar-refractivity contribution in [2.45, 2.75) is 39.7 Å². The van der Waals surface area contributed by atoms with Crippen molar-refractivity contribution in [1.29, 1.82) is 0 Å². The van der Waals surface area contributed by atoms with Gasteiger partial charge in [0.05, 0.1) is 18.9 Å². The number of nitrogens with zero attached hydrogens (tertiary/aromatic N) is 2. The third-order valence-corrected chi connectivity index (χ3v) is 5.39. The summed E-state index contributed by atoms with van der Waals surface area (Å²) in [6.07, 6.45) is 1.37. The number of hydrazone groups is 1. The van der Waals surface area contributed by atoms with Crippen molar-refractivity contribution < 1.29 is 14.6 Å². The highest BCUT2D eigenvalue weighted by Crippen LogP contribution is 2.23. The zero-order valence-corrected chi connectivity index (χ0v) is 19.3. The summed E-state index contributed by atoms with van der Waals surface area (Å²) in [4.78, 5) is 12.1. The van der Waals surface area contributed by atoms with E-state index in [-0.39, 0.29) is 12.3 Å². The first kappa shape index (κ1) is 23.6. The van der Waals surface area contributed by atoms with Crippen molar-refractivity contribution in [3.05, 3.63) is 82.1 Å². The van der Waals surface area contributed by atoms with Crippen LogP contribution in [0, 0.1) is 13.8 Å². The van der Waals surface area contributed by atoms with E-state index in [1.807, 2.05) is 63.2 Å². The number of halogens is 1. The molecule has 0 aliphatic rings. The molecule has 0 bridgehead atoms. The van der Waals surface area contributed by atoms with Crippen LogP contribution in [0.5, 0.6) is 5.75 Å². The van der Waals surface area contributed by atoms with Crippen LogP contribution in [0.4, 0.5) is 0 Å². The molecule has 0 fully saturated rings. The van der Waals surface area contributed by atoms with Gasteiger partial charge in [-0.2, -0.15) is 5.10 Å². The van der Waals surface area contributed by atoms with E-state index < -0.39 is 6.10 Å². The predicted octanol–water partition coefficient (Wildman–Crippen LogP) is 5.11. The Labute approximate surface area is 193 Å². The first-order chi connectivity index (χ1) is 15.4. The van der Waals surface area contributed by atoms with E-state index in [1.165, 1.54) is 0 Å². The Morgan fingerprint density at radius 1 is 1.22 bits per heavy atom. The van der Waals surface area contributed by atoms with Crippen LogP contribution in [0.1, 0.15) is 48.4 Å². The van der Waals surface area contributed by atoms with Gasteiger partial charge in [-0.05, 0) is 69.2 Å². The highest BCUT2D eigenvalue weighted by molar-refractivity contribution is 6.30. The van der Waals surface area contributed by atoms with Crippen LogP contribution in [0.2, 0.25) is 5.02 Å². The minimum atomic E-state index is -0.725. The normalized spacial score (nSPS) is 12.2. The summed E-state index contributed by atoms with van der Waals surface area (Å²) >= 11 is 6.12. The molecule has 1 atom stereocenters. The number of benzene rings is 2. The molecule has 1 aromatic heterocycles. The van der Waals surface area contributed by atoms with Gasteiger partial charge in [0.15, 0.2) is 0 Å². The Morgan fingerprint density at radius 2 is 1.97 bits per heavy atom. The van der Waals surface area contributed by atoms with Gasteiger partial charge in [0.25, 0.3) is 0 Å². The average Bonchev–Trinajstić information content (AvgIpc) is 3.05. The number of aryl methyl sites for hydroxylation is 1. The van der Waals surface area contributed by atoms with E-state index in [0.717, 1.165) is 34.0 Å². The second-order valence-corrected chi connectivity index (χ2v) is 7.93. The third-order valence-electron chi connectivity index (χ3n) is 5.15. The fourth-order valence-electron chi connectivity index (χ4n) is 3.55. The number of hydrogen-bond donors (Lipinski definition) is 2. The van der Waals surface area contributed by atoms with E-state index in [4.69, 9.17) is 16.3 Å². The second-order valence-electron chi connectivity index (χ2n) is 7.49. The number of ether oxygens (including phenoxy) is 1. The smallest absolute Gasteiger partial charge is 0.240 e. The van der Waals surface area contributed by atoms with E-state index >= 15 is 0 Å². The summed E-state index contributed by atoms with van der Waals surface area (Å²) in [7, 11) is 0. The number of aliphatic hydroxyl groups excluding tert-OH is 1. The standard InChI is InChI=1S/C25H28ClN3O3/c1-4-32-23-10-8-19(9-11-23)24(30)12-13-25(31)28-27-16-20-14-17(2)29(18(20)3)22-7-5-6-21(26)15-22/h5-11,14-16,24,30H,4,12-13H2,1-3H3,(H,28,31)/b27-16-/t24-/m0/s1. The van der Waals surface area contributed by atoms with Gasteiger partial charge in [-0.3, -0.25) is 4.79 Å². The first-order valence-electron chi connectivity index (χ1n) is 10.6. The molecular weight excluding hydrogens is 426 g/mol. The summed E-state index contributed by atoms with van der Waals surface area (Å²) in [5, 5.41) is 15.1. The number of amides is 1. The number of hydrogen-bond acceptors (Lipinski definition) is 4. The molecule has 3 aromatic rings. The number of carbonyl (C=O) groups is 1. The van der Waals surface area contributed by atoms with Crippen LogP contribution < -0.4 is 10.2 Å². The quantitative estimate of drug-likeness (QED) is 0.349. The van der Waals surface area contributed by atoms with E-state index in [9.17, 15) is 9.90 Å². The molecule has 0 saturated heterocycles. The SMILES string of the molecule is CCOc1ccc([C@@H](O)CCC(=O)N/N=C\c2cc(C)n(-c3cccc(Cl)c3)c2C)cc1. The highest BCUT2D eigenvalue weighted by atomic mass is 35.5. The molecule has 3 rings (SSSR count). The molecule has 168 valence electrons. The summed E-state index contributed by atoms with van der Waals surface area (Å²) in [6, 6.07) is 16.9. The van der Waals surface area contributed by atoms with Crippen molar-refractivity contribution in [1.82, 2.24) is 9.99 Å². The molecule has 0 saturated carbocycles. The molecule has 32 heavy (non-hydrogen) atoms. The predicted molar refractivity (Wildman–Crippen MR) is 128 cm³/mol. The lowest BCUT2D eigenvalue weighted by Crippen LogP contribution is -2.18. The molecular formula is C25H28ClN3O3. The molecule has 0 spiro atoms. The Morgan fingerprint density at radius 3 is 2.66 bits per heavy atom. The van der Waals surface area contributed by atoms with E-state index in [2.05, 4.69) is 15.1 Å². The lowest BCUT2D eigenvalue weighted by molar-refractivity contribution is -0.121. The Hall–Kier alpha value is -3.09. The fourth-order valence-corrected chi connectivity index (χ4v) is 3.73. The summed E-state index contributed by atoms with van der Waals surface area (Å²) < 4.78 is 7.48. The van der Waals surface area contributed by atoms with Gasteiger partial charge in [0.2, 0.25) is 5.91 Å². The molecule has 2 aromatic carbocycles. The number of rotatable bonds is 9. The van der Waals surface area contributed by atoms with Crippen LogP contribution in [0.3, 0.4) is 0 Å². The second kappa shape index (κ2) is 11.0. The summed E-state index contributed by atoms with van der Waals surface area (Å²) in [5.74, 6) is 0.500.